The number of nitrogens with one attached hydrogen (secondary N) is 2. The Bertz CT molecular complexity index is 1350. The molecule has 0 fully saturated rings. The summed E-state index contributed by atoms with van der Waals surface area (Å²) in [6.07, 6.45) is 2.33. The van der Waals surface area contributed by atoms with E-state index in [1.807, 2.05) is 18.2 Å². The first-order valence-electron chi connectivity index (χ1n) is 10.4. The fourth-order valence-corrected chi connectivity index (χ4v) is 4.22. The molecule has 3 aromatic carbocycles. The van der Waals surface area contributed by atoms with E-state index in [2.05, 4.69) is 15.8 Å². The molecule has 0 spiro atoms. The SMILES string of the molecule is CS(=O)(=O)N(CC(=O)N/N=C\c1ccc(OCC(=O)Nc2ccccc2)cc1)c1cc(Cl)ccc1Cl. The zero-order chi connectivity index (χ0) is 26.1. The summed E-state index contributed by atoms with van der Waals surface area (Å²) in [7, 11) is -3.83. The van der Waals surface area contributed by atoms with E-state index < -0.39 is 22.5 Å². The van der Waals surface area contributed by atoms with Crippen LogP contribution in [0.1, 0.15) is 5.56 Å². The standard InChI is InChI=1S/C24H22Cl2N4O5S/c1-36(33,34)30(22-13-18(25)9-12-21(22)26)15-23(31)29-27-14-17-7-10-20(11-8-17)35-16-24(32)28-19-5-3-2-4-6-19/h2-14H,15-16H2,1H3,(H,28,32)(H,29,31)/b27-14-. The van der Waals surface area contributed by atoms with Gasteiger partial charge in [-0.2, -0.15) is 5.10 Å². The largest absolute Gasteiger partial charge is 0.484 e. The van der Waals surface area contributed by atoms with Gasteiger partial charge in [0.25, 0.3) is 11.8 Å². The van der Waals surface area contributed by atoms with Crippen LogP contribution in [-0.4, -0.2) is 45.9 Å². The number of hydrazone groups is 1. The zero-order valence-corrected chi connectivity index (χ0v) is 21.3. The number of hydrogen-bond donors (Lipinski definition) is 2. The molecule has 3 rings (SSSR count). The molecule has 0 atom stereocenters. The van der Waals surface area contributed by atoms with Gasteiger partial charge in [-0.1, -0.05) is 41.4 Å². The van der Waals surface area contributed by atoms with Gasteiger partial charge in [-0.15, -0.1) is 0 Å². The van der Waals surface area contributed by atoms with Gasteiger partial charge in [-0.25, -0.2) is 13.8 Å². The minimum Gasteiger partial charge on any atom is -0.484 e. The minimum absolute atomic E-state index is 0.0823. The lowest BCUT2D eigenvalue weighted by molar-refractivity contribution is -0.119. The van der Waals surface area contributed by atoms with E-state index in [0.29, 0.717) is 17.0 Å². The Morgan fingerprint density at radius 1 is 1.00 bits per heavy atom. The molecule has 0 radical (unpaired) electrons. The van der Waals surface area contributed by atoms with Crippen LogP contribution < -0.4 is 19.8 Å². The van der Waals surface area contributed by atoms with Crippen LogP contribution in [-0.2, 0) is 19.6 Å². The van der Waals surface area contributed by atoms with Gasteiger partial charge in [-0.3, -0.25) is 13.9 Å². The molecule has 0 aromatic heterocycles. The van der Waals surface area contributed by atoms with Crippen LogP contribution in [0, 0.1) is 0 Å². The predicted molar refractivity (Wildman–Crippen MR) is 141 cm³/mol. The second-order valence-electron chi connectivity index (χ2n) is 7.43. The Morgan fingerprint density at radius 3 is 2.36 bits per heavy atom. The van der Waals surface area contributed by atoms with Crippen LogP contribution in [0.5, 0.6) is 5.75 Å². The monoisotopic (exact) mass is 548 g/mol. The Hall–Kier alpha value is -3.60. The number of para-hydroxylation sites is 1. The average molecular weight is 549 g/mol. The van der Waals surface area contributed by atoms with Gasteiger partial charge in [0.15, 0.2) is 6.61 Å². The van der Waals surface area contributed by atoms with Crippen molar-refractivity contribution in [1.29, 1.82) is 0 Å². The van der Waals surface area contributed by atoms with Crippen molar-refractivity contribution >= 4 is 62.6 Å². The quantitative estimate of drug-likeness (QED) is 0.294. The van der Waals surface area contributed by atoms with Crippen LogP contribution in [0.4, 0.5) is 11.4 Å². The summed E-state index contributed by atoms with van der Waals surface area (Å²) >= 11 is 12.0. The third-order valence-electron chi connectivity index (χ3n) is 4.57. The lowest BCUT2D eigenvalue weighted by Gasteiger charge is -2.22. The van der Waals surface area contributed by atoms with Crippen molar-refractivity contribution in [2.45, 2.75) is 0 Å². The fourth-order valence-electron chi connectivity index (χ4n) is 2.92. The fraction of sp³-hybridized carbons (Fsp3) is 0.125. The van der Waals surface area contributed by atoms with E-state index in [4.69, 9.17) is 27.9 Å². The highest BCUT2D eigenvalue weighted by atomic mass is 35.5. The van der Waals surface area contributed by atoms with Gasteiger partial charge in [-0.05, 0) is 60.2 Å². The first-order valence-corrected chi connectivity index (χ1v) is 13.0. The molecule has 0 heterocycles. The Morgan fingerprint density at radius 2 is 1.69 bits per heavy atom. The molecule has 36 heavy (non-hydrogen) atoms. The number of rotatable bonds is 10. The molecule has 0 saturated heterocycles. The Balaban J connectivity index is 1.52. The first-order chi connectivity index (χ1) is 17.1. The van der Waals surface area contributed by atoms with Gasteiger partial charge in [0.2, 0.25) is 10.0 Å². The van der Waals surface area contributed by atoms with E-state index >= 15 is 0 Å². The molecule has 3 aromatic rings. The molecule has 0 unspecified atom stereocenters. The summed E-state index contributed by atoms with van der Waals surface area (Å²) < 4.78 is 30.7. The lowest BCUT2D eigenvalue weighted by Crippen LogP contribution is -2.39. The molecule has 0 aliphatic carbocycles. The number of ether oxygens (including phenoxy) is 1. The van der Waals surface area contributed by atoms with Crippen molar-refractivity contribution in [2.75, 3.05) is 29.0 Å². The highest BCUT2D eigenvalue weighted by molar-refractivity contribution is 7.92. The van der Waals surface area contributed by atoms with E-state index in [1.54, 1.807) is 36.4 Å². The number of sulfonamides is 1. The molecule has 0 aliphatic rings. The topological polar surface area (TPSA) is 117 Å². The number of anilines is 2. The molecule has 0 bridgehead atoms. The maximum Gasteiger partial charge on any atom is 0.262 e. The van der Waals surface area contributed by atoms with Gasteiger partial charge in [0.1, 0.15) is 12.3 Å². The number of carbonyl (C=O) groups excluding carboxylic acids is 2. The third-order valence-corrected chi connectivity index (χ3v) is 6.26. The molecule has 188 valence electrons. The lowest BCUT2D eigenvalue weighted by atomic mass is 10.2. The van der Waals surface area contributed by atoms with Gasteiger partial charge in [0.05, 0.1) is 23.2 Å². The number of carbonyl (C=O) groups is 2. The van der Waals surface area contributed by atoms with Crippen molar-refractivity contribution in [1.82, 2.24) is 5.43 Å². The molecule has 0 aliphatic heterocycles. The summed E-state index contributed by atoms with van der Waals surface area (Å²) in [6, 6.07) is 20.0. The predicted octanol–water partition coefficient (Wildman–Crippen LogP) is 3.93. The van der Waals surface area contributed by atoms with Crippen molar-refractivity contribution in [3.8, 4) is 5.75 Å². The highest BCUT2D eigenvalue weighted by Crippen LogP contribution is 2.30. The summed E-state index contributed by atoms with van der Waals surface area (Å²) in [5.41, 5.74) is 3.67. The van der Waals surface area contributed by atoms with Crippen LogP contribution in [0.25, 0.3) is 0 Å². The smallest absolute Gasteiger partial charge is 0.262 e. The van der Waals surface area contributed by atoms with E-state index in [1.165, 1.54) is 24.4 Å². The number of halogens is 2. The van der Waals surface area contributed by atoms with Crippen LogP contribution in [0.15, 0.2) is 77.9 Å². The van der Waals surface area contributed by atoms with E-state index in [-0.39, 0.29) is 28.2 Å². The molecular formula is C24H22Cl2N4O5S. The first kappa shape index (κ1) is 27.0. The van der Waals surface area contributed by atoms with Gasteiger partial charge < -0.3 is 10.1 Å². The van der Waals surface area contributed by atoms with Crippen LogP contribution in [0.3, 0.4) is 0 Å². The van der Waals surface area contributed by atoms with Crippen molar-refractivity contribution in [3.63, 3.8) is 0 Å². The number of amides is 2. The van der Waals surface area contributed by atoms with Gasteiger partial charge in [0, 0.05) is 10.7 Å². The molecule has 2 amide bonds. The normalized spacial score (nSPS) is 11.2. The van der Waals surface area contributed by atoms with Crippen molar-refractivity contribution in [3.05, 3.63) is 88.4 Å². The average Bonchev–Trinajstić information content (AvgIpc) is 2.84. The molecular weight excluding hydrogens is 527 g/mol. The number of benzene rings is 3. The summed E-state index contributed by atoms with van der Waals surface area (Å²) in [6.45, 7) is -0.708. The minimum atomic E-state index is -3.83. The maximum atomic E-state index is 12.3. The van der Waals surface area contributed by atoms with Crippen LogP contribution in [0.2, 0.25) is 10.0 Å². The highest BCUT2D eigenvalue weighted by Gasteiger charge is 2.23. The number of nitrogens with zero attached hydrogens (tertiary/aromatic N) is 2. The Kier molecular flexibility index (Phi) is 9.29. The number of hydrogen-bond acceptors (Lipinski definition) is 6. The molecule has 2 N–H and O–H groups in total. The molecule has 0 saturated carbocycles. The summed E-state index contributed by atoms with van der Waals surface area (Å²) in [5, 5.41) is 6.97. The zero-order valence-electron chi connectivity index (χ0n) is 19.0. The van der Waals surface area contributed by atoms with Crippen molar-refractivity contribution < 1.29 is 22.7 Å². The van der Waals surface area contributed by atoms with Crippen LogP contribution >= 0.6 is 23.2 Å². The maximum absolute atomic E-state index is 12.3. The second-order valence-corrected chi connectivity index (χ2v) is 10.2. The molecule has 9 nitrogen and oxygen atoms in total. The van der Waals surface area contributed by atoms with Crippen molar-refractivity contribution in [2.24, 2.45) is 5.10 Å². The summed E-state index contributed by atoms with van der Waals surface area (Å²) in [4.78, 5) is 24.3. The summed E-state index contributed by atoms with van der Waals surface area (Å²) in [5.74, 6) is -0.504. The van der Waals surface area contributed by atoms with Gasteiger partial charge >= 0.3 is 0 Å². The second kappa shape index (κ2) is 12.4. The molecule has 12 heteroatoms. The van der Waals surface area contributed by atoms with E-state index in [0.717, 1.165) is 10.6 Å². The van der Waals surface area contributed by atoms with E-state index in [9.17, 15) is 18.0 Å². The third kappa shape index (κ3) is 8.26. The Labute approximate surface area is 218 Å².